The first-order valence-corrected chi connectivity index (χ1v) is 12.5. The van der Waals surface area contributed by atoms with Crippen LogP contribution in [0.1, 0.15) is 55.4 Å². The molecular formula is C22H22ClF4N3OS2. The van der Waals surface area contributed by atoms with Crippen molar-refractivity contribution in [2.24, 2.45) is 0 Å². The van der Waals surface area contributed by atoms with Crippen LogP contribution in [-0.2, 0) is 30.6 Å². The van der Waals surface area contributed by atoms with Crippen molar-refractivity contribution in [2.75, 3.05) is 0 Å². The number of fused-ring (bicyclic) bond motifs is 1. The summed E-state index contributed by atoms with van der Waals surface area (Å²) in [5, 5.41) is 3.66. The topological polar surface area (TPSA) is 44.1 Å². The van der Waals surface area contributed by atoms with E-state index in [1.54, 1.807) is 23.4 Å². The van der Waals surface area contributed by atoms with E-state index in [4.69, 9.17) is 11.6 Å². The Bertz CT molecular complexity index is 1190. The van der Waals surface area contributed by atoms with E-state index in [2.05, 4.69) is 5.10 Å². The van der Waals surface area contributed by atoms with Gasteiger partial charge >= 0.3 is 6.18 Å². The second-order valence-electron chi connectivity index (χ2n) is 8.72. The van der Waals surface area contributed by atoms with Crippen molar-refractivity contribution in [3.63, 3.8) is 0 Å². The number of aryl methyl sites for hydroxylation is 1. The summed E-state index contributed by atoms with van der Waals surface area (Å²) in [6.45, 7) is 7.61. The SMILES string of the molecule is CCn1cc(-c2c(F)cccc2[C@@H]2c3cc(Cl)sc3CN2[S+]([O-])C(C)(C)C)c(C(F)(F)F)n1. The predicted octanol–water partition coefficient (Wildman–Crippen LogP) is 6.81. The Morgan fingerprint density at radius 3 is 2.55 bits per heavy atom. The van der Waals surface area contributed by atoms with Crippen molar-refractivity contribution in [3.8, 4) is 11.1 Å². The van der Waals surface area contributed by atoms with Crippen LogP contribution in [0.15, 0.2) is 30.5 Å². The van der Waals surface area contributed by atoms with Gasteiger partial charge in [-0.3, -0.25) is 4.68 Å². The fraction of sp³-hybridized carbons (Fsp3) is 0.409. The third kappa shape index (κ3) is 4.43. The van der Waals surface area contributed by atoms with E-state index in [9.17, 15) is 17.7 Å². The lowest BCUT2D eigenvalue weighted by atomic mass is 9.92. The number of hydrogen-bond acceptors (Lipinski definition) is 4. The number of nitrogens with zero attached hydrogens (tertiary/aromatic N) is 3. The average molecular weight is 520 g/mol. The van der Waals surface area contributed by atoms with Crippen molar-refractivity contribution in [1.29, 1.82) is 0 Å². The molecule has 2 aromatic heterocycles. The van der Waals surface area contributed by atoms with Crippen LogP contribution in [0.5, 0.6) is 0 Å². The minimum atomic E-state index is -4.77. The Balaban J connectivity index is 1.97. The lowest BCUT2D eigenvalue weighted by Crippen LogP contribution is -2.42. The van der Waals surface area contributed by atoms with Crippen LogP contribution in [0.3, 0.4) is 0 Å². The van der Waals surface area contributed by atoms with Gasteiger partial charge in [0.05, 0.1) is 10.9 Å². The van der Waals surface area contributed by atoms with Crippen LogP contribution in [-0.4, -0.2) is 23.4 Å². The monoisotopic (exact) mass is 519 g/mol. The number of thiophene rings is 1. The van der Waals surface area contributed by atoms with Crippen molar-refractivity contribution in [3.05, 3.63) is 62.3 Å². The Labute approximate surface area is 201 Å². The summed E-state index contributed by atoms with van der Waals surface area (Å²) >= 11 is 6.05. The molecule has 0 spiro atoms. The summed E-state index contributed by atoms with van der Waals surface area (Å²) < 4.78 is 73.0. The van der Waals surface area contributed by atoms with Gasteiger partial charge in [0.25, 0.3) is 0 Å². The molecule has 4 nitrogen and oxygen atoms in total. The number of hydrogen-bond donors (Lipinski definition) is 0. The fourth-order valence-electron chi connectivity index (χ4n) is 4.01. The molecule has 1 unspecified atom stereocenters. The van der Waals surface area contributed by atoms with Crippen LogP contribution in [0, 0.1) is 5.82 Å². The molecule has 4 rings (SSSR count). The van der Waals surface area contributed by atoms with E-state index in [-0.39, 0.29) is 17.7 Å². The first kappa shape index (κ1) is 24.5. The average Bonchev–Trinajstić information content (AvgIpc) is 3.37. The summed E-state index contributed by atoms with van der Waals surface area (Å²) in [5.41, 5.74) is -0.664. The number of benzene rings is 1. The molecule has 1 aliphatic rings. The normalized spacial score (nSPS) is 18.1. The Morgan fingerprint density at radius 2 is 1.94 bits per heavy atom. The number of alkyl halides is 3. The molecule has 1 aromatic carbocycles. The molecule has 0 fully saturated rings. The quantitative estimate of drug-likeness (QED) is 0.281. The second-order valence-corrected chi connectivity index (χ2v) is 12.7. The van der Waals surface area contributed by atoms with Gasteiger partial charge in [0.15, 0.2) is 5.69 Å². The summed E-state index contributed by atoms with van der Waals surface area (Å²) in [6, 6.07) is 5.17. The Hall–Kier alpha value is -1.59. The van der Waals surface area contributed by atoms with Crippen LogP contribution in [0.2, 0.25) is 4.34 Å². The van der Waals surface area contributed by atoms with Crippen molar-refractivity contribution in [1.82, 2.24) is 14.1 Å². The number of rotatable bonds is 4. The zero-order chi connectivity index (χ0) is 24.3. The van der Waals surface area contributed by atoms with Gasteiger partial charge in [0.2, 0.25) is 0 Å². The van der Waals surface area contributed by atoms with E-state index in [1.165, 1.54) is 23.6 Å². The van der Waals surface area contributed by atoms with Gasteiger partial charge in [-0.15, -0.1) is 15.6 Å². The molecule has 11 heteroatoms. The van der Waals surface area contributed by atoms with Crippen LogP contribution < -0.4 is 0 Å². The summed E-state index contributed by atoms with van der Waals surface area (Å²) in [6.07, 6.45) is -3.55. The van der Waals surface area contributed by atoms with Gasteiger partial charge in [0, 0.05) is 40.1 Å². The summed E-state index contributed by atoms with van der Waals surface area (Å²) in [7, 11) is 0. The second kappa shape index (κ2) is 8.57. The highest BCUT2D eigenvalue weighted by molar-refractivity contribution is 7.90. The maximum absolute atomic E-state index is 15.3. The smallest absolute Gasteiger partial charge is 0.435 e. The summed E-state index contributed by atoms with van der Waals surface area (Å²) in [4.78, 5) is 0.859. The minimum Gasteiger partial charge on any atom is -0.597 e. The zero-order valence-electron chi connectivity index (χ0n) is 18.3. The van der Waals surface area contributed by atoms with E-state index in [1.807, 2.05) is 20.8 Å². The van der Waals surface area contributed by atoms with E-state index in [0.717, 1.165) is 21.2 Å². The van der Waals surface area contributed by atoms with E-state index < -0.39 is 39.8 Å². The minimum absolute atomic E-state index is 0.194. The molecule has 0 bridgehead atoms. The molecule has 33 heavy (non-hydrogen) atoms. The van der Waals surface area contributed by atoms with E-state index >= 15 is 4.39 Å². The Kier molecular flexibility index (Phi) is 6.37. The molecule has 0 N–H and O–H groups in total. The molecular weight excluding hydrogens is 498 g/mol. The zero-order valence-corrected chi connectivity index (χ0v) is 20.7. The highest BCUT2D eigenvalue weighted by atomic mass is 35.5. The van der Waals surface area contributed by atoms with Crippen molar-refractivity contribution in [2.45, 2.75) is 57.7 Å². The maximum atomic E-state index is 15.3. The van der Waals surface area contributed by atoms with Crippen LogP contribution in [0.4, 0.5) is 17.6 Å². The standard InChI is InChI=1S/C22H22ClF4N3OS2/c1-5-29-10-14(20(28-29)22(25,26)27)18-12(7-6-8-15(18)24)19-13-9-17(23)32-16(13)11-30(19)33(31)21(2,3)4/h6-10,19H,5,11H2,1-4H3/t19-,33?/m1/s1. The summed E-state index contributed by atoms with van der Waals surface area (Å²) in [5.74, 6) is -0.801. The number of halogens is 5. The molecule has 0 amide bonds. The van der Waals surface area contributed by atoms with E-state index in [0.29, 0.717) is 16.4 Å². The third-order valence-electron chi connectivity index (χ3n) is 5.39. The molecule has 0 saturated carbocycles. The highest BCUT2D eigenvalue weighted by Gasteiger charge is 2.47. The molecule has 0 aliphatic carbocycles. The fourth-order valence-corrected chi connectivity index (χ4v) is 6.77. The van der Waals surface area contributed by atoms with Gasteiger partial charge in [0.1, 0.15) is 16.6 Å². The molecule has 0 saturated heterocycles. The lowest BCUT2D eigenvalue weighted by molar-refractivity contribution is -0.141. The Morgan fingerprint density at radius 1 is 1.24 bits per heavy atom. The predicted molar refractivity (Wildman–Crippen MR) is 123 cm³/mol. The van der Waals surface area contributed by atoms with Gasteiger partial charge in [-0.05, 0) is 51.0 Å². The number of aromatic nitrogens is 2. The first-order valence-electron chi connectivity index (χ1n) is 10.2. The molecule has 178 valence electrons. The third-order valence-corrected chi connectivity index (χ3v) is 8.47. The van der Waals surface area contributed by atoms with Crippen LogP contribution >= 0.6 is 22.9 Å². The van der Waals surface area contributed by atoms with Crippen molar-refractivity contribution < 1.29 is 22.1 Å². The van der Waals surface area contributed by atoms with Gasteiger partial charge in [-0.2, -0.15) is 18.3 Å². The maximum Gasteiger partial charge on any atom is 0.435 e. The molecule has 1 aliphatic heterocycles. The molecule has 3 aromatic rings. The molecule has 2 atom stereocenters. The first-order chi connectivity index (χ1) is 15.3. The largest absolute Gasteiger partial charge is 0.597 e. The lowest BCUT2D eigenvalue weighted by Gasteiger charge is -2.34. The van der Waals surface area contributed by atoms with Gasteiger partial charge in [-0.25, -0.2) is 4.39 Å². The van der Waals surface area contributed by atoms with Crippen molar-refractivity contribution >= 4 is 34.3 Å². The van der Waals surface area contributed by atoms with Gasteiger partial charge < -0.3 is 4.55 Å². The van der Waals surface area contributed by atoms with Gasteiger partial charge in [-0.1, -0.05) is 23.7 Å². The molecule has 3 heterocycles. The highest BCUT2D eigenvalue weighted by Crippen LogP contribution is 2.50. The molecule has 0 radical (unpaired) electrons. The van der Waals surface area contributed by atoms with Crippen LogP contribution in [0.25, 0.3) is 11.1 Å².